The van der Waals surface area contributed by atoms with Gasteiger partial charge in [-0.1, -0.05) is 23.7 Å². The van der Waals surface area contributed by atoms with Crippen molar-refractivity contribution in [3.8, 4) is 17.1 Å². The number of ether oxygens (including phenoxy) is 1. The van der Waals surface area contributed by atoms with Crippen molar-refractivity contribution >= 4 is 23.2 Å². The molecule has 21 heavy (non-hydrogen) atoms. The van der Waals surface area contributed by atoms with Gasteiger partial charge in [-0.3, -0.25) is 5.10 Å². The Bertz CT molecular complexity index is 739. The molecule has 0 amide bonds. The maximum atomic E-state index is 5.85. The van der Waals surface area contributed by atoms with Gasteiger partial charge in [0, 0.05) is 10.7 Å². The van der Waals surface area contributed by atoms with E-state index in [4.69, 9.17) is 16.3 Å². The Balaban J connectivity index is 1.84. The van der Waals surface area contributed by atoms with E-state index in [9.17, 15) is 0 Å². The smallest absolute Gasteiger partial charge is 0.246 e. The van der Waals surface area contributed by atoms with Crippen LogP contribution in [0.15, 0.2) is 48.5 Å². The number of halogens is 1. The van der Waals surface area contributed by atoms with E-state index in [0.29, 0.717) is 16.8 Å². The standard InChI is InChI=1S/C15H13ClN4O/c1-21-13-5-3-2-4-12(13)14-18-15(20-19-14)17-11-8-6-10(16)7-9-11/h2-9H,1H3,(H2,17,18,19,20). The molecule has 0 atom stereocenters. The molecule has 0 radical (unpaired) electrons. The molecule has 5 nitrogen and oxygen atoms in total. The summed E-state index contributed by atoms with van der Waals surface area (Å²) in [7, 11) is 1.63. The number of benzene rings is 2. The number of methoxy groups -OCH3 is 1. The molecule has 3 rings (SSSR count). The van der Waals surface area contributed by atoms with Crippen LogP contribution in [0.4, 0.5) is 11.6 Å². The molecule has 0 saturated heterocycles. The summed E-state index contributed by atoms with van der Waals surface area (Å²) in [4.78, 5) is 4.42. The number of H-pyrrole nitrogens is 1. The van der Waals surface area contributed by atoms with E-state index in [1.807, 2.05) is 36.4 Å². The maximum absolute atomic E-state index is 5.85. The van der Waals surface area contributed by atoms with Crippen LogP contribution in [-0.2, 0) is 0 Å². The fraction of sp³-hybridized carbons (Fsp3) is 0.0667. The number of aromatic amines is 1. The molecule has 0 saturated carbocycles. The topological polar surface area (TPSA) is 62.8 Å². The average molecular weight is 301 g/mol. The fourth-order valence-corrected chi connectivity index (χ4v) is 2.07. The van der Waals surface area contributed by atoms with Gasteiger partial charge in [0.2, 0.25) is 5.95 Å². The summed E-state index contributed by atoms with van der Waals surface area (Å²) in [6, 6.07) is 15.0. The Morgan fingerprint density at radius 1 is 1.10 bits per heavy atom. The van der Waals surface area contributed by atoms with E-state index in [0.717, 1.165) is 17.0 Å². The zero-order valence-electron chi connectivity index (χ0n) is 11.3. The quantitative estimate of drug-likeness (QED) is 0.767. The van der Waals surface area contributed by atoms with Crippen molar-refractivity contribution in [3.05, 3.63) is 53.6 Å². The first-order valence-electron chi connectivity index (χ1n) is 6.34. The molecule has 1 aromatic heterocycles. The third-order valence-electron chi connectivity index (χ3n) is 2.95. The summed E-state index contributed by atoms with van der Waals surface area (Å²) in [5, 5.41) is 10.8. The first-order valence-corrected chi connectivity index (χ1v) is 6.72. The number of nitrogens with one attached hydrogen (secondary N) is 2. The van der Waals surface area contributed by atoms with Crippen LogP contribution in [-0.4, -0.2) is 22.3 Å². The number of para-hydroxylation sites is 1. The number of hydrogen-bond donors (Lipinski definition) is 2. The van der Waals surface area contributed by atoms with Crippen LogP contribution in [0.2, 0.25) is 5.02 Å². The van der Waals surface area contributed by atoms with Gasteiger partial charge in [-0.25, -0.2) is 0 Å². The summed E-state index contributed by atoms with van der Waals surface area (Å²) in [5.41, 5.74) is 1.72. The van der Waals surface area contributed by atoms with E-state index in [1.54, 1.807) is 19.2 Å². The van der Waals surface area contributed by atoms with E-state index in [1.165, 1.54) is 0 Å². The molecule has 1 heterocycles. The highest BCUT2D eigenvalue weighted by molar-refractivity contribution is 6.30. The van der Waals surface area contributed by atoms with Crippen LogP contribution in [0.25, 0.3) is 11.4 Å². The molecule has 6 heteroatoms. The van der Waals surface area contributed by atoms with Crippen molar-refractivity contribution in [3.63, 3.8) is 0 Å². The Morgan fingerprint density at radius 2 is 1.86 bits per heavy atom. The van der Waals surface area contributed by atoms with Gasteiger partial charge in [-0.2, -0.15) is 4.98 Å². The lowest BCUT2D eigenvalue weighted by Crippen LogP contribution is -1.92. The molecule has 2 aromatic carbocycles. The highest BCUT2D eigenvalue weighted by atomic mass is 35.5. The molecule has 0 aliphatic carbocycles. The largest absolute Gasteiger partial charge is 0.496 e. The Kier molecular flexibility index (Phi) is 3.75. The SMILES string of the molecule is COc1ccccc1-c1nc(Nc2ccc(Cl)cc2)n[nH]1. The summed E-state index contributed by atoms with van der Waals surface area (Å²) in [6.07, 6.45) is 0. The van der Waals surface area contributed by atoms with Gasteiger partial charge in [-0.05, 0) is 36.4 Å². The number of anilines is 2. The highest BCUT2D eigenvalue weighted by Gasteiger charge is 2.10. The van der Waals surface area contributed by atoms with Gasteiger partial charge in [0.1, 0.15) is 5.75 Å². The second kappa shape index (κ2) is 5.85. The molecule has 3 aromatic rings. The van der Waals surface area contributed by atoms with Crippen LogP contribution in [0.3, 0.4) is 0 Å². The van der Waals surface area contributed by atoms with E-state index in [-0.39, 0.29) is 0 Å². The zero-order chi connectivity index (χ0) is 14.7. The van der Waals surface area contributed by atoms with Crippen LogP contribution < -0.4 is 10.1 Å². The molecule has 0 bridgehead atoms. The minimum absolute atomic E-state index is 0.484. The summed E-state index contributed by atoms with van der Waals surface area (Å²) < 4.78 is 5.32. The molecular formula is C15H13ClN4O. The molecular weight excluding hydrogens is 288 g/mol. The number of aromatic nitrogens is 3. The zero-order valence-corrected chi connectivity index (χ0v) is 12.1. The monoisotopic (exact) mass is 300 g/mol. The van der Waals surface area contributed by atoms with Gasteiger partial charge in [0.25, 0.3) is 0 Å². The number of rotatable bonds is 4. The lowest BCUT2D eigenvalue weighted by molar-refractivity contribution is 0.416. The molecule has 0 aliphatic rings. The number of nitrogens with zero attached hydrogens (tertiary/aromatic N) is 2. The van der Waals surface area contributed by atoms with Gasteiger partial charge < -0.3 is 10.1 Å². The highest BCUT2D eigenvalue weighted by Crippen LogP contribution is 2.27. The second-order valence-corrected chi connectivity index (χ2v) is 4.78. The molecule has 0 spiro atoms. The Morgan fingerprint density at radius 3 is 2.62 bits per heavy atom. The molecule has 0 fully saturated rings. The normalized spacial score (nSPS) is 10.4. The molecule has 2 N–H and O–H groups in total. The second-order valence-electron chi connectivity index (χ2n) is 4.34. The van der Waals surface area contributed by atoms with Crippen molar-refractivity contribution in [1.29, 1.82) is 0 Å². The lowest BCUT2D eigenvalue weighted by atomic mass is 10.2. The first kappa shape index (κ1) is 13.5. The van der Waals surface area contributed by atoms with Crippen molar-refractivity contribution in [2.24, 2.45) is 0 Å². The summed E-state index contributed by atoms with van der Waals surface area (Å²) in [5.74, 6) is 1.87. The first-order chi connectivity index (χ1) is 10.3. The molecule has 0 unspecified atom stereocenters. The predicted octanol–water partition coefficient (Wildman–Crippen LogP) is 3.88. The van der Waals surface area contributed by atoms with Crippen molar-refractivity contribution in [2.45, 2.75) is 0 Å². The fourth-order valence-electron chi connectivity index (χ4n) is 1.94. The maximum Gasteiger partial charge on any atom is 0.246 e. The minimum Gasteiger partial charge on any atom is -0.496 e. The minimum atomic E-state index is 0.484. The van der Waals surface area contributed by atoms with E-state index >= 15 is 0 Å². The summed E-state index contributed by atoms with van der Waals surface area (Å²) >= 11 is 5.85. The van der Waals surface area contributed by atoms with Crippen molar-refractivity contribution in [1.82, 2.24) is 15.2 Å². The third-order valence-corrected chi connectivity index (χ3v) is 3.20. The average Bonchev–Trinajstić information content (AvgIpc) is 2.98. The van der Waals surface area contributed by atoms with E-state index < -0.39 is 0 Å². The van der Waals surface area contributed by atoms with E-state index in [2.05, 4.69) is 20.5 Å². The Labute approximate surface area is 126 Å². The van der Waals surface area contributed by atoms with Crippen molar-refractivity contribution < 1.29 is 4.74 Å². The Hall–Kier alpha value is -2.53. The van der Waals surface area contributed by atoms with Crippen LogP contribution >= 0.6 is 11.6 Å². The van der Waals surface area contributed by atoms with Gasteiger partial charge >= 0.3 is 0 Å². The third kappa shape index (κ3) is 2.98. The summed E-state index contributed by atoms with van der Waals surface area (Å²) in [6.45, 7) is 0. The van der Waals surface area contributed by atoms with Crippen LogP contribution in [0.5, 0.6) is 5.75 Å². The molecule has 0 aliphatic heterocycles. The van der Waals surface area contributed by atoms with Gasteiger partial charge in [0.15, 0.2) is 5.82 Å². The van der Waals surface area contributed by atoms with Gasteiger partial charge in [0.05, 0.1) is 12.7 Å². The molecule has 106 valence electrons. The number of hydrogen-bond acceptors (Lipinski definition) is 4. The van der Waals surface area contributed by atoms with Crippen LogP contribution in [0.1, 0.15) is 0 Å². The van der Waals surface area contributed by atoms with Gasteiger partial charge in [-0.15, -0.1) is 5.10 Å². The lowest BCUT2D eigenvalue weighted by Gasteiger charge is -2.04. The predicted molar refractivity (Wildman–Crippen MR) is 83.1 cm³/mol. The van der Waals surface area contributed by atoms with Crippen LogP contribution in [0, 0.1) is 0 Å². The van der Waals surface area contributed by atoms with Crippen molar-refractivity contribution in [2.75, 3.05) is 12.4 Å².